The second kappa shape index (κ2) is 10.5. The third-order valence-electron chi connectivity index (χ3n) is 4.07. The van der Waals surface area contributed by atoms with Gasteiger partial charge in [0.25, 0.3) is 5.91 Å². The minimum atomic E-state index is -0.844. The van der Waals surface area contributed by atoms with Crippen molar-refractivity contribution < 1.29 is 23.1 Å². The first-order chi connectivity index (χ1) is 13.0. The number of nitrogens with two attached hydrogens (primary N) is 1. The number of pyridine rings is 1. The topological polar surface area (TPSA) is 94.3 Å². The largest absolute Gasteiger partial charge is 0.480 e. The highest BCUT2D eigenvalue weighted by atomic mass is 19.1. The molecule has 0 radical (unpaired) electrons. The van der Waals surface area contributed by atoms with Gasteiger partial charge in [-0.3, -0.25) is 14.6 Å². The van der Waals surface area contributed by atoms with Gasteiger partial charge in [0, 0.05) is 18.8 Å². The molecule has 27 heavy (non-hydrogen) atoms. The van der Waals surface area contributed by atoms with Crippen molar-refractivity contribution in [3.8, 4) is 0 Å². The molecule has 1 aliphatic carbocycles. The van der Waals surface area contributed by atoms with E-state index in [1.54, 1.807) is 12.1 Å². The first-order valence-corrected chi connectivity index (χ1v) is 8.84. The molecule has 1 amide bonds. The van der Waals surface area contributed by atoms with Crippen LogP contribution in [0.3, 0.4) is 0 Å². The number of carbonyl (C=O) groups excluding carboxylic acids is 2. The average molecular weight is 379 g/mol. The fourth-order valence-electron chi connectivity index (χ4n) is 2.60. The summed E-state index contributed by atoms with van der Waals surface area (Å²) >= 11 is 0. The number of allylic oxidation sites excluding steroid dienone is 3. The van der Waals surface area contributed by atoms with Crippen molar-refractivity contribution in [2.45, 2.75) is 38.1 Å². The normalized spacial score (nSPS) is 15.1. The minimum Gasteiger partial charge on any atom is -0.480 e. The zero-order valence-corrected chi connectivity index (χ0v) is 14.9. The van der Waals surface area contributed by atoms with Gasteiger partial charge in [-0.15, -0.1) is 0 Å². The molecule has 1 unspecified atom stereocenters. The molecule has 0 bridgehead atoms. The number of aromatic nitrogens is 1. The van der Waals surface area contributed by atoms with Gasteiger partial charge in [-0.1, -0.05) is 0 Å². The number of nitrogens with zero attached hydrogens (tertiary/aromatic N) is 1. The quantitative estimate of drug-likeness (QED) is 0.610. The Morgan fingerprint density at radius 1 is 1.33 bits per heavy atom. The number of hydrogen-bond acceptors (Lipinski definition) is 5. The Bertz CT molecular complexity index is 720. The average Bonchev–Trinajstić information content (AvgIpc) is 2.67. The lowest BCUT2D eigenvalue weighted by molar-refractivity contribution is -0.124. The number of carbonyl (C=O) groups is 2. The zero-order valence-electron chi connectivity index (χ0n) is 14.9. The van der Waals surface area contributed by atoms with Gasteiger partial charge in [-0.05, 0) is 50.4 Å². The molecular weight excluding hydrogens is 356 g/mol. The lowest BCUT2D eigenvalue weighted by Crippen LogP contribution is -2.42. The van der Waals surface area contributed by atoms with E-state index in [0.29, 0.717) is 31.4 Å². The van der Waals surface area contributed by atoms with E-state index in [1.807, 2.05) is 0 Å². The first-order valence-electron chi connectivity index (χ1n) is 8.84. The molecule has 1 heterocycles. The van der Waals surface area contributed by atoms with E-state index < -0.39 is 41.8 Å². The van der Waals surface area contributed by atoms with Crippen LogP contribution in [0.4, 0.5) is 8.78 Å². The smallest absolute Gasteiger partial charge is 0.253 e. The van der Waals surface area contributed by atoms with Gasteiger partial charge in [0.05, 0.1) is 11.6 Å². The van der Waals surface area contributed by atoms with Crippen molar-refractivity contribution in [3.05, 3.63) is 53.6 Å². The van der Waals surface area contributed by atoms with Gasteiger partial charge >= 0.3 is 0 Å². The predicted molar refractivity (Wildman–Crippen MR) is 95.9 cm³/mol. The molecular formula is C19H23F2N3O3. The number of Topliss-reactive ketones (excluding diaryl/α,β-unsaturated/α-hetero) is 1. The molecule has 0 fully saturated rings. The molecule has 1 atom stereocenters. The van der Waals surface area contributed by atoms with Crippen LogP contribution in [0.5, 0.6) is 0 Å². The molecule has 2 rings (SSSR count). The number of ketones is 1. The van der Waals surface area contributed by atoms with E-state index in [9.17, 15) is 18.4 Å². The summed E-state index contributed by atoms with van der Waals surface area (Å²) in [4.78, 5) is 28.6. The lowest BCUT2D eigenvalue weighted by atomic mass is 10.0. The number of ether oxygens (including phenoxy) is 1. The van der Waals surface area contributed by atoms with Crippen LogP contribution in [0.1, 0.15) is 42.5 Å². The highest BCUT2D eigenvalue weighted by molar-refractivity contribution is 5.97. The van der Waals surface area contributed by atoms with Crippen LogP contribution >= 0.6 is 0 Å². The Morgan fingerprint density at radius 3 is 2.81 bits per heavy atom. The Labute approximate surface area is 156 Å². The fourth-order valence-corrected chi connectivity index (χ4v) is 2.60. The maximum absolute atomic E-state index is 13.7. The van der Waals surface area contributed by atoms with Crippen molar-refractivity contribution in [2.75, 3.05) is 13.2 Å². The second-order valence-corrected chi connectivity index (χ2v) is 6.13. The van der Waals surface area contributed by atoms with Crippen molar-refractivity contribution >= 4 is 11.7 Å². The molecule has 8 heteroatoms. The molecule has 1 aliphatic rings. The predicted octanol–water partition coefficient (Wildman–Crippen LogP) is 2.72. The van der Waals surface area contributed by atoms with Crippen LogP contribution in [-0.4, -0.2) is 35.9 Å². The van der Waals surface area contributed by atoms with Crippen LogP contribution in [0.25, 0.3) is 0 Å². The molecule has 0 spiro atoms. The van der Waals surface area contributed by atoms with Gasteiger partial charge in [0.1, 0.15) is 12.4 Å². The summed E-state index contributed by atoms with van der Waals surface area (Å²) in [6.07, 6.45) is 6.07. The summed E-state index contributed by atoms with van der Waals surface area (Å²) in [6.45, 7) is -0.0767. The summed E-state index contributed by atoms with van der Waals surface area (Å²) < 4.78 is 32.4. The maximum Gasteiger partial charge on any atom is 0.253 e. The van der Waals surface area contributed by atoms with E-state index in [1.165, 1.54) is 18.5 Å². The van der Waals surface area contributed by atoms with Crippen LogP contribution in [0, 0.1) is 0 Å². The number of unbranched alkanes of at least 4 members (excludes halogenated alkanes) is 1. The molecule has 6 nitrogen and oxygen atoms in total. The molecule has 146 valence electrons. The first kappa shape index (κ1) is 20.7. The monoisotopic (exact) mass is 379 g/mol. The second-order valence-electron chi connectivity index (χ2n) is 6.13. The molecule has 3 N–H and O–H groups in total. The minimum absolute atomic E-state index is 0.0363. The molecule has 1 aromatic heterocycles. The van der Waals surface area contributed by atoms with Crippen LogP contribution in [-0.2, 0) is 9.53 Å². The van der Waals surface area contributed by atoms with Crippen molar-refractivity contribution in [1.82, 2.24) is 10.3 Å². The van der Waals surface area contributed by atoms with Gasteiger partial charge in [0.2, 0.25) is 0 Å². The summed E-state index contributed by atoms with van der Waals surface area (Å²) in [6, 6.07) is 2.34. The maximum atomic E-state index is 13.7. The lowest BCUT2D eigenvalue weighted by Gasteiger charge is -2.19. The van der Waals surface area contributed by atoms with E-state index >= 15 is 0 Å². The highest BCUT2D eigenvalue weighted by Gasteiger charge is 2.24. The third kappa shape index (κ3) is 6.25. The Morgan fingerprint density at radius 2 is 2.15 bits per heavy atom. The van der Waals surface area contributed by atoms with E-state index in [0.717, 1.165) is 0 Å². The summed E-state index contributed by atoms with van der Waals surface area (Å²) in [7, 11) is 0. The Hall–Kier alpha value is -2.61. The number of rotatable bonds is 10. The van der Waals surface area contributed by atoms with E-state index in [4.69, 9.17) is 10.5 Å². The standard InChI is InChI=1S/C19H23F2N3O3/c20-14-6-3-7-15(21)18(14)27-12-17(25)16(8-1-2-9-22)24-19(26)13-5-4-10-23-11-13/h4-6,10-11,16H,1-3,7-9,12,22H2,(H,24,26). The molecule has 0 aromatic carbocycles. The van der Waals surface area contributed by atoms with Crippen molar-refractivity contribution in [2.24, 2.45) is 5.73 Å². The van der Waals surface area contributed by atoms with Gasteiger partial charge in [-0.25, -0.2) is 8.78 Å². The third-order valence-corrected chi connectivity index (χ3v) is 4.07. The SMILES string of the molecule is NCCCCC(NC(=O)c1cccnc1)C(=O)COC1=C(F)CCC=C1F. The number of hydrogen-bond donors (Lipinski definition) is 2. The number of nitrogens with one attached hydrogen (secondary N) is 1. The number of amides is 1. The van der Waals surface area contributed by atoms with E-state index in [-0.39, 0.29) is 12.8 Å². The highest BCUT2D eigenvalue weighted by Crippen LogP contribution is 2.27. The van der Waals surface area contributed by atoms with Crippen LogP contribution < -0.4 is 11.1 Å². The fraction of sp³-hybridized carbons (Fsp3) is 0.421. The molecule has 0 saturated heterocycles. The van der Waals surface area contributed by atoms with Gasteiger partial charge in [-0.2, -0.15) is 0 Å². The van der Waals surface area contributed by atoms with E-state index in [2.05, 4.69) is 10.3 Å². The molecule has 0 saturated carbocycles. The van der Waals surface area contributed by atoms with Crippen LogP contribution in [0.15, 0.2) is 48.0 Å². The van der Waals surface area contributed by atoms with Gasteiger partial charge in [0.15, 0.2) is 17.4 Å². The number of halogens is 2. The van der Waals surface area contributed by atoms with Gasteiger partial charge < -0.3 is 15.8 Å². The summed E-state index contributed by atoms with van der Waals surface area (Å²) in [5, 5.41) is 2.63. The zero-order chi connectivity index (χ0) is 19.6. The molecule has 0 aliphatic heterocycles. The summed E-state index contributed by atoms with van der Waals surface area (Å²) in [5.74, 6) is -2.99. The van der Waals surface area contributed by atoms with Crippen molar-refractivity contribution in [1.29, 1.82) is 0 Å². The Balaban J connectivity index is 2.00. The Kier molecular flexibility index (Phi) is 8.06. The molecule has 1 aromatic rings. The summed E-state index contributed by atoms with van der Waals surface area (Å²) in [5.41, 5.74) is 5.78. The van der Waals surface area contributed by atoms with Crippen LogP contribution in [0.2, 0.25) is 0 Å². The van der Waals surface area contributed by atoms with Crippen molar-refractivity contribution in [3.63, 3.8) is 0 Å².